The van der Waals surface area contributed by atoms with Crippen LogP contribution in [-0.2, 0) is 16.6 Å². The van der Waals surface area contributed by atoms with Crippen molar-refractivity contribution in [3.05, 3.63) is 41.8 Å². The molecule has 0 saturated carbocycles. The first-order valence-electron chi connectivity index (χ1n) is 8.12. The van der Waals surface area contributed by atoms with Crippen molar-refractivity contribution in [2.24, 2.45) is 0 Å². The zero-order chi connectivity index (χ0) is 17.2. The van der Waals surface area contributed by atoms with Crippen LogP contribution in [-0.4, -0.2) is 43.7 Å². The SMILES string of the molecule is Cc1oc(-c2ccccc2)nc1CN1CCC(NS(C)(=O)=O)CC1. The van der Waals surface area contributed by atoms with Gasteiger partial charge in [-0.05, 0) is 31.9 Å². The molecule has 0 aliphatic carbocycles. The molecule has 1 aliphatic heterocycles. The van der Waals surface area contributed by atoms with Gasteiger partial charge in [0, 0.05) is 31.2 Å². The van der Waals surface area contributed by atoms with Crippen molar-refractivity contribution in [1.82, 2.24) is 14.6 Å². The zero-order valence-corrected chi connectivity index (χ0v) is 14.8. The highest BCUT2D eigenvalue weighted by atomic mass is 32.2. The Hall–Kier alpha value is -1.70. The largest absolute Gasteiger partial charge is 0.441 e. The zero-order valence-electron chi connectivity index (χ0n) is 14.0. The molecular weight excluding hydrogens is 326 g/mol. The van der Waals surface area contributed by atoms with Gasteiger partial charge in [-0.2, -0.15) is 0 Å². The molecule has 1 N–H and O–H groups in total. The molecule has 1 aromatic heterocycles. The summed E-state index contributed by atoms with van der Waals surface area (Å²) < 4.78 is 31.1. The third-order valence-electron chi connectivity index (χ3n) is 4.26. The minimum Gasteiger partial charge on any atom is -0.441 e. The lowest BCUT2D eigenvalue weighted by molar-refractivity contribution is 0.197. The molecule has 0 unspecified atom stereocenters. The van der Waals surface area contributed by atoms with Crippen molar-refractivity contribution >= 4 is 10.0 Å². The van der Waals surface area contributed by atoms with Crippen LogP contribution in [0.4, 0.5) is 0 Å². The summed E-state index contributed by atoms with van der Waals surface area (Å²) in [5.41, 5.74) is 1.92. The number of aryl methyl sites for hydroxylation is 1. The maximum absolute atomic E-state index is 11.3. The molecule has 24 heavy (non-hydrogen) atoms. The van der Waals surface area contributed by atoms with Crippen LogP contribution in [0.2, 0.25) is 0 Å². The van der Waals surface area contributed by atoms with Gasteiger partial charge < -0.3 is 4.42 Å². The number of oxazole rings is 1. The maximum Gasteiger partial charge on any atom is 0.226 e. The lowest BCUT2D eigenvalue weighted by Crippen LogP contribution is -2.44. The average molecular weight is 349 g/mol. The van der Waals surface area contributed by atoms with E-state index >= 15 is 0 Å². The number of likely N-dealkylation sites (tertiary alicyclic amines) is 1. The van der Waals surface area contributed by atoms with E-state index in [4.69, 9.17) is 4.42 Å². The Bertz CT molecular complexity index is 779. The number of hydrogen-bond acceptors (Lipinski definition) is 5. The Morgan fingerprint density at radius 3 is 2.54 bits per heavy atom. The van der Waals surface area contributed by atoms with E-state index in [1.807, 2.05) is 37.3 Å². The van der Waals surface area contributed by atoms with E-state index in [2.05, 4.69) is 14.6 Å². The average Bonchev–Trinajstić information content (AvgIpc) is 2.90. The molecule has 130 valence electrons. The van der Waals surface area contributed by atoms with Crippen molar-refractivity contribution in [1.29, 1.82) is 0 Å². The Morgan fingerprint density at radius 1 is 1.25 bits per heavy atom. The summed E-state index contributed by atoms with van der Waals surface area (Å²) in [5, 5.41) is 0. The van der Waals surface area contributed by atoms with Gasteiger partial charge in [-0.25, -0.2) is 18.1 Å². The number of sulfonamides is 1. The fourth-order valence-electron chi connectivity index (χ4n) is 3.00. The summed E-state index contributed by atoms with van der Waals surface area (Å²) in [4.78, 5) is 6.92. The minimum absolute atomic E-state index is 0.0366. The van der Waals surface area contributed by atoms with Gasteiger partial charge in [-0.1, -0.05) is 18.2 Å². The molecule has 0 amide bonds. The van der Waals surface area contributed by atoms with E-state index in [-0.39, 0.29) is 6.04 Å². The summed E-state index contributed by atoms with van der Waals surface area (Å²) in [5.74, 6) is 1.49. The molecule has 1 aliphatic rings. The fourth-order valence-corrected chi connectivity index (χ4v) is 3.84. The molecule has 1 fully saturated rings. The van der Waals surface area contributed by atoms with Crippen LogP contribution in [0.3, 0.4) is 0 Å². The molecule has 0 radical (unpaired) electrons. The van der Waals surface area contributed by atoms with Gasteiger partial charge >= 0.3 is 0 Å². The smallest absolute Gasteiger partial charge is 0.226 e. The van der Waals surface area contributed by atoms with Gasteiger partial charge in [-0.15, -0.1) is 0 Å². The van der Waals surface area contributed by atoms with Crippen molar-refractivity contribution in [2.45, 2.75) is 32.4 Å². The number of nitrogens with one attached hydrogen (secondary N) is 1. The minimum atomic E-state index is -3.13. The van der Waals surface area contributed by atoms with E-state index in [1.165, 1.54) is 6.26 Å². The molecular formula is C17H23N3O3S. The fraction of sp³-hybridized carbons (Fsp3) is 0.471. The quantitative estimate of drug-likeness (QED) is 0.895. The van der Waals surface area contributed by atoms with E-state index in [9.17, 15) is 8.42 Å². The topological polar surface area (TPSA) is 75.4 Å². The maximum atomic E-state index is 11.3. The first-order valence-corrected chi connectivity index (χ1v) is 10.0. The van der Waals surface area contributed by atoms with Crippen LogP contribution in [0.1, 0.15) is 24.3 Å². The Morgan fingerprint density at radius 2 is 1.92 bits per heavy atom. The molecule has 0 spiro atoms. The summed E-state index contributed by atoms with van der Waals surface area (Å²) in [6.45, 7) is 4.36. The molecule has 0 atom stereocenters. The predicted molar refractivity (Wildman–Crippen MR) is 93.0 cm³/mol. The van der Waals surface area contributed by atoms with Crippen LogP contribution in [0, 0.1) is 6.92 Å². The monoisotopic (exact) mass is 349 g/mol. The Labute approximate surface area is 142 Å². The van der Waals surface area contributed by atoms with Crippen LogP contribution in [0.5, 0.6) is 0 Å². The van der Waals surface area contributed by atoms with Gasteiger partial charge in [0.25, 0.3) is 0 Å². The molecule has 2 aromatic rings. The number of piperidine rings is 1. The molecule has 6 nitrogen and oxygen atoms in total. The molecule has 2 heterocycles. The highest BCUT2D eigenvalue weighted by Gasteiger charge is 2.23. The normalized spacial score (nSPS) is 17.2. The second-order valence-corrected chi connectivity index (χ2v) is 8.11. The lowest BCUT2D eigenvalue weighted by Gasteiger charge is -2.31. The van der Waals surface area contributed by atoms with E-state index in [0.29, 0.717) is 5.89 Å². The third-order valence-corrected chi connectivity index (χ3v) is 5.02. The van der Waals surface area contributed by atoms with Gasteiger partial charge in [0.1, 0.15) is 5.76 Å². The summed E-state index contributed by atoms with van der Waals surface area (Å²) >= 11 is 0. The molecule has 1 saturated heterocycles. The number of nitrogens with zero attached hydrogens (tertiary/aromatic N) is 2. The Kier molecular flexibility index (Phi) is 5.03. The Balaban J connectivity index is 1.61. The van der Waals surface area contributed by atoms with Crippen LogP contribution < -0.4 is 4.72 Å². The van der Waals surface area contributed by atoms with Crippen molar-refractivity contribution in [2.75, 3.05) is 19.3 Å². The highest BCUT2D eigenvalue weighted by Crippen LogP contribution is 2.23. The van der Waals surface area contributed by atoms with Gasteiger partial charge in [0.15, 0.2) is 0 Å². The second kappa shape index (κ2) is 7.04. The first kappa shape index (κ1) is 17.1. The van der Waals surface area contributed by atoms with Gasteiger partial charge in [-0.3, -0.25) is 4.90 Å². The van der Waals surface area contributed by atoms with E-state index in [0.717, 1.165) is 49.5 Å². The number of benzene rings is 1. The van der Waals surface area contributed by atoms with Crippen LogP contribution in [0.15, 0.2) is 34.7 Å². The van der Waals surface area contributed by atoms with Gasteiger partial charge in [0.05, 0.1) is 11.9 Å². The summed E-state index contributed by atoms with van der Waals surface area (Å²) in [6.07, 6.45) is 2.84. The van der Waals surface area contributed by atoms with E-state index < -0.39 is 10.0 Å². The molecule has 0 bridgehead atoms. The molecule has 1 aromatic carbocycles. The van der Waals surface area contributed by atoms with Crippen molar-refractivity contribution in [3.63, 3.8) is 0 Å². The van der Waals surface area contributed by atoms with E-state index in [1.54, 1.807) is 0 Å². The third kappa shape index (κ3) is 4.43. The first-order chi connectivity index (χ1) is 11.4. The second-order valence-electron chi connectivity index (χ2n) is 6.33. The van der Waals surface area contributed by atoms with Crippen LogP contribution >= 0.6 is 0 Å². The van der Waals surface area contributed by atoms with Crippen molar-refractivity contribution < 1.29 is 12.8 Å². The predicted octanol–water partition coefficient (Wildman–Crippen LogP) is 2.16. The summed E-state index contributed by atoms with van der Waals surface area (Å²) in [7, 11) is -3.13. The number of aromatic nitrogens is 1. The van der Waals surface area contributed by atoms with Crippen molar-refractivity contribution in [3.8, 4) is 11.5 Å². The van der Waals surface area contributed by atoms with Crippen LogP contribution in [0.25, 0.3) is 11.5 Å². The highest BCUT2D eigenvalue weighted by molar-refractivity contribution is 7.88. The standard InChI is InChI=1S/C17H23N3O3S/c1-13-16(18-17(23-13)14-6-4-3-5-7-14)12-20-10-8-15(9-11-20)19-24(2,21)22/h3-7,15,19H,8-12H2,1-2H3. The molecule has 7 heteroatoms. The molecule has 3 rings (SSSR count). The number of rotatable bonds is 5. The summed E-state index contributed by atoms with van der Waals surface area (Å²) in [6, 6.07) is 9.90. The lowest BCUT2D eigenvalue weighted by atomic mass is 10.1. The van der Waals surface area contributed by atoms with Gasteiger partial charge in [0.2, 0.25) is 15.9 Å². The number of hydrogen-bond donors (Lipinski definition) is 1.